The van der Waals surface area contributed by atoms with Crippen LogP contribution in [0.4, 0.5) is 0 Å². The summed E-state index contributed by atoms with van der Waals surface area (Å²) >= 11 is 0. The molecule has 1 aromatic carbocycles. The SMILES string of the molecule is CCOC[C@@H](C)n1c(C2CCOCC2)nc2ccc(-c3cc(C)c(=O)n(C)c3)cc21. The summed E-state index contributed by atoms with van der Waals surface area (Å²) in [7, 11) is 1.80. The van der Waals surface area contributed by atoms with E-state index in [-0.39, 0.29) is 11.6 Å². The van der Waals surface area contributed by atoms with Crippen molar-refractivity contribution in [2.24, 2.45) is 7.05 Å². The van der Waals surface area contributed by atoms with Gasteiger partial charge in [-0.25, -0.2) is 4.98 Å². The molecule has 160 valence electrons. The van der Waals surface area contributed by atoms with Crippen molar-refractivity contribution in [3.8, 4) is 11.1 Å². The molecule has 1 saturated heterocycles. The highest BCUT2D eigenvalue weighted by atomic mass is 16.5. The number of aromatic nitrogens is 3. The lowest BCUT2D eigenvalue weighted by Gasteiger charge is -2.25. The number of nitrogens with zero attached hydrogens (tertiary/aromatic N) is 3. The van der Waals surface area contributed by atoms with Gasteiger partial charge in [0, 0.05) is 44.5 Å². The third kappa shape index (κ3) is 3.94. The summed E-state index contributed by atoms with van der Waals surface area (Å²) in [5, 5.41) is 0. The summed E-state index contributed by atoms with van der Waals surface area (Å²) in [5.74, 6) is 1.53. The molecular weight excluding hydrogens is 378 g/mol. The summed E-state index contributed by atoms with van der Waals surface area (Å²) in [6.07, 6.45) is 3.90. The Balaban J connectivity index is 1.84. The predicted molar refractivity (Wildman–Crippen MR) is 119 cm³/mol. The Morgan fingerprint density at radius 3 is 2.70 bits per heavy atom. The van der Waals surface area contributed by atoms with Crippen molar-refractivity contribution < 1.29 is 9.47 Å². The molecule has 3 aromatic rings. The van der Waals surface area contributed by atoms with Crippen LogP contribution in [0.2, 0.25) is 0 Å². The Morgan fingerprint density at radius 1 is 1.23 bits per heavy atom. The zero-order valence-electron chi connectivity index (χ0n) is 18.4. The molecule has 1 aliphatic heterocycles. The van der Waals surface area contributed by atoms with Crippen molar-refractivity contribution >= 4 is 11.0 Å². The van der Waals surface area contributed by atoms with Crippen LogP contribution in [0.25, 0.3) is 22.2 Å². The Labute approximate surface area is 177 Å². The zero-order valence-corrected chi connectivity index (χ0v) is 18.4. The summed E-state index contributed by atoms with van der Waals surface area (Å²) in [6, 6.07) is 8.54. The second kappa shape index (κ2) is 8.74. The summed E-state index contributed by atoms with van der Waals surface area (Å²) in [4.78, 5) is 17.2. The minimum atomic E-state index is 0.0389. The Kier molecular flexibility index (Phi) is 6.06. The fourth-order valence-electron chi connectivity index (χ4n) is 4.40. The van der Waals surface area contributed by atoms with Crippen LogP contribution in [0.5, 0.6) is 0 Å². The average Bonchev–Trinajstić information content (AvgIpc) is 3.15. The minimum Gasteiger partial charge on any atom is -0.381 e. The highest BCUT2D eigenvalue weighted by Crippen LogP contribution is 2.33. The van der Waals surface area contributed by atoms with E-state index in [2.05, 4.69) is 29.7 Å². The first-order valence-corrected chi connectivity index (χ1v) is 10.8. The quantitative estimate of drug-likeness (QED) is 0.612. The molecule has 1 aliphatic rings. The standard InChI is InChI=1S/C24H31N3O3/c1-5-29-15-17(3)27-22-13-19(20-12-16(2)24(28)26(4)14-20)6-7-21(22)25-23(27)18-8-10-30-11-9-18/h6-7,12-14,17-18H,5,8-11,15H2,1-4H3/t17-/m1/s1. The van der Waals surface area contributed by atoms with Gasteiger partial charge < -0.3 is 18.6 Å². The lowest BCUT2D eigenvalue weighted by molar-refractivity contribution is 0.0807. The molecule has 30 heavy (non-hydrogen) atoms. The largest absolute Gasteiger partial charge is 0.381 e. The van der Waals surface area contributed by atoms with Crippen LogP contribution in [0.1, 0.15) is 50.0 Å². The maximum atomic E-state index is 12.1. The van der Waals surface area contributed by atoms with Gasteiger partial charge in [-0.1, -0.05) is 6.07 Å². The monoisotopic (exact) mass is 409 g/mol. The van der Waals surface area contributed by atoms with Crippen LogP contribution in [0.3, 0.4) is 0 Å². The molecule has 0 N–H and O–H groups in total. The van der Waals surface area contributed by atoms with Gasteiger partial charge in [0.05, 0.1) is 23.7 Å². The van der Waals surface area contributed by atoms with Crippen molar-refractivity contribution in [2.45, 2.75) is 45.6 Å². The van der Waals surface area contributed by atoms with E-state index in [1.807, 2.05) is 26.1 Å². The van der Waals surface area contributed by atoms with E-state index in [9.17, 15) is 4.79 Å². The van der Waals surface area contributed by atoms with E-state index in [4.69, 9.17) is 14.5 Å². The van der Waals surface area contributed by atoms with Gasteiger partial charge in [0.2, 0.25) is 0 Å². The van der Waals surface area contributed by atoms with Gasteiger partial charge in [0.1, 0.15) is 5.82 Å². The third-order valence-corrected chi connectivity index (χ3v) is 6.00. The molecule has 0 saturated carbocycles. The van der Waals surface area contributed by atoms with Gasteiger partial charge in [-0.15, -0.1) is 0 Å². The number of benzene rings is 1. The lowest BCUT2D eigenvalue weighted by Crippen LogP contribution is -2.21. The first kappa shape index (κ1) is 20.8. The lowest BCUT2D eigenvalue weighted by atomic mass is 9.99. The van der Waals surface area contributed by atoms with Gasteiger partial charge in [0.15, 0.2) is 0 Å². The smallest absolute Gasteiger partial charge is 0.253 e. The van der Waals surface area contributed by atoms with Crippen molar-refractivity contribution in [3.63, 3.8) is 0 Å². The number of aryl methyl sites for hydroxylation is 2. The van der Waals surface area contributed by atoms with E-state index in [0.29, 0.717) is 19.1 Å². The molecule has 6 heteroatoms. The molecule has 0 bridgehead atoms. The number of fused-ring (bicyclic) bond motifs is 1. The van der Waals surface area contributed by atoms with E-state index >= 15 is 0 Å². The third-order valence-electron chi connectivity index (χ3n) is 6.00. The molecule has 1 atom stereocenters. The molecule has 3 heterocycles. The Hall–Kier alpha value is -2.44. The normalized spacial score (nSPS) is 16.3. The van der Waals surface area contributed by atoms with Gasteiger partial charge in [-0.2, -0.15) is 0 Å². The number of pyridine rings is 1. The van der Waals surface area contributed by atoms with E-state index < -0.39 is 0 Å². The van der Waals surface area contributed by atoms with Gasteiger partial charge in [-0.05, 0) is 62.9 Å². The average molecular weight is 410 g/mol. The van der Waals surface area contributed by atoms with Crippen molar-refractivity contribution in [2.75, 3.05) is 26.4 Å². The first-order valence-electron chi connectivity index (χ1n) is 10.8. The van der Waals surface area contributed by atoms with E-state index in [0.717, 1.165) is 59.6 Å². The molecule has 0 radical (unpaired) electrons. The Bertz CT molecular complexity index is 1070. The van der Waals surface area contributed by atoms with E-state index in [1.54, 1.807) is 11.6 Å². The summed E-state index contributed by atoms with van der Waals surface area (Å²) in [5.41, 5.74) is 5.03. The van der Waals surface area contributed by atoms with Gasteiger partial charge in [-0.3, -0.25) is 4.79 Å². The minimum absolute atomic E-state index is 0.0389. The number of rotatable bonds is 6. The second-order valence-electron chi connectivity index (χ2n) is 8.27. The fourth-order valence-corrected chi connectivity index (χ4v) is 4.40. The van der Waals surface area contributed by atoms with Gasteiger partial charge >= 0.3 is 0 Å². The van der Waals surface area contributed by atoms with Crippen LogP contribution in [-0.2, 0) is 16.5 Å². The predicted octanol–water partition coefficient (Wildman–Crippen LogP) is 4.20. The molecular formula is C24H31N3O3. The van der Waals surface area contributed by atoms with Crippen molar-refractivity contribution in [1.82, 2.24) is 14.1 Å². The van der Waals surface area contributed by atoms with Crippen LogP contribution in [-0.4, -0.2) is 40.5 Å². The molecule has 0 unspecified atom stereocenters. The number of hydrogen-bond acceptors (Lipinski definition) is 4. The molecule has 1 fully saturated rings. The zero-order chi connectivity index (χ0) is 21.3. The second-order valence-corrected chi connectivity index (χ2v) is 8.27. The van der Waals surface area contributed by atoms with Crippen LogP contribution in [0.15, 0.2) is 35.3 Å². The molecule has 2 aromatic heterocycles. The maximum absolute atomic E-state index is 12.1. The van der Waals surface area contributed by atoms with Crippen LogP contribution < -0.4 is 5.56 Å². The number of imidazole rings is 1. The number of ether oxygens (including phenoxy) is 2. The summed E-state index contributed by atoms with van der Waals surface area (Å²) < 4.78 is 15.3. The van der Waals surface area contributed by atoms with Crippen LogP contribution in [0, 0.1) is 6.92 Å². The van der Waals surface area contributed by atoms with E-state index in [1.165, 1.54) is 0 Å². The number of hydrogen-bond donors (Lipinski definition) is 0. The molecule has 0 amide bonds. The molecule has 0 spiro atoms. The van der Waals surface area contributed by atoms with Crippen molar-refractivity contribution in [1.29, 1.82) is 0 Å². The highest BCUT2D eigenvalue weighted by molar-refractivity contribution is 5.83. The molecule has 0 aliphatic carbocycles. The van der Waals surface area contributed by atoms with Crippen molar-refractivity contribution in [3.05, 3.63) is 52.2 Å². The first-order chi connectivity index (χ1) is 14.5. The fraction of sp³-hybridized carbons (Fsp3) is 0.500. The van der Waals surface area contributed by atoms with Gasteiger partial charge in [0.25, 0.3) is 5.56 Å². The molecule has 6 nitrogen and oxygen atoms in total. The van der Waals surface area contributed by atoms with Crippen LogP contribution >= 0.6 is 0 Å². The molecule has 4 rings (SSSR count). The topological polar surface area (TPSA) is 58.3 Å². The maximum Gasteiger partial charge on any atom is 0.253 e. The Morgan fingerprint density at radius 2 is 2.00 bits per heavy atom. The summed E-state index contributed by atoms with van der Waals surface area (Å²) in [6.45, 7) is 9.02. The highest BCUT2D eigenvalue weighted by Gasteiger charge is 2.25.